The van der Waals surface area contributed by atoms with E-state index in [1.54, 1.807) is 0 Å². The van der Waals surface area contributed by atoms with E-state index in [4.69, 9.17) is 26.2 Å². The molecule has 0 saturated carbocycles. The van der Waals surface area contributed by atoms with Gasteiger partial charge in [0.05, 0.1) is 54.2 Å². The van der Waals surface area contributed by atoms with E-state index in [-0.39, 0.29) is 50.3 Å². The molecule has 0 unspecified atom stereocenters. The van der Waals surface area contributed by atoms with Crippen molar-refractivity contribution in [3.8, 4) is 23.3 Å². The first kappa shape index (κ1) is 48.4. The molecular formula is C44H25ClF12N6O5. The van der Waals surface area contributed by atoms with Gasteiger partial charge in [0.25, 0.3) is 11.1 Å². The summed E-state index contributed by atoms with van der Waals surface area (Å²) in [5, 5.41) is 8.88. The largest absolute Gasteiger partial charge is 0.438 e. The lowest BCUT2D eigenvalue weighted by atomic mass is 10.1. The third-order valence-corrected chi connectivity index (χ3v) is 10.0. The van der Waals surface area contributed by atoms with Crippen molar-refractivity contribution in [2.75, 3.05) is 0 Å². The minimum Gasteiger partial charge on any atom is -0.438 e. The smallest absolute Gasteiger partial charge is 0.421 e. The molecule has 4 aromatic heterocycles. The number of aliphatic hydroxyl groups is 1. The molecular weight excluding hydrogens is 956 g/mol. The van der Waals surface area contributed by atoms with E-state index in [1.165, 1.54) is 33.4 Å². The summed E-state index contributed by atoms with van der Waals surface area (Å²) in [7, 11) is 0. The zero-order chi connectivity index (χ0) is 49.2. The highest BCUT2D eigenvalue weighted by Gasteiger charge is 2.37. The number of ether oxygens (including phenoxy) is 2. The number of aromatic nitrogens is 6. The molecule has 0 amide bonds. The van der Waals surface area contributed by atoms with Gasteiger partial charge in [0.15, 0.2) is 0 Å². The van der Waals surface area contributed by atoms with Crippen LogP contribution in [0.15, 0.2) is 107 Å². The average molecular weight is 981 g/mol. The number of benzene rings is 4. The van der Waals surface area contributed by atoms with Crippen molar-refractivity contribution in [3.05, 3.63) is 187 Å². The van der Waals surface area contributed by atoms with Crippen LogP contribution in [0.5, 0.6) is 23.3 Å². The Kier molecular flexibility index (Phi) is 13.8. The van der Waals surface area contributed by atoms with Gasteiger partial charge in [-0.15, -0.1) is 11.6 Å². The van der Waals surface area contributed by atoms with Gasteiger partial charge in [-0.1, -0.05) is 0 Å². The fourth-order valence-corrected chi connectivity index (χ4v) is 6.64. The molecule has 1 N–H and O–H groups in total. The molecule has 0 bridgehead atoms. The molecule has 4 heterocycles. The maximum Gasteiger partial charge on any atom is 0.421 e. The van der Waals surface area contributed by atoms with Crippen molar-refractivity contribution in [2.45, 2.75) is 37.9 Å². The van der Waals surface area contributed by atoms with Gasteiger partial charge < -0.3 is 23.7 Å². The number of pyridine rings is 2. The summed E-state index contributed by atoms with van der Waals surface area (Å²) in [5.41, 5.74) is -4.48. The van der Waals surface area contributed by atoms with Gasteiger partial charge in [0.2, 0.25) is 11.8 Å². The van der Waals surface area contributed by atoms with Crippen molar-refractivity contribution in [3.63, 3.8) is 0 Å². The topological polar surface area (TPSA) is 134 Å². The maximum absolute atomic E-state index is 14.1. The molecule has 0 fully saturated rings. The van der Waals surface area contributed by atoms with Crippen LogP contribution in [0.25, 0.3) is 21.8 Å². The molecule has 0 radical (unpaired) electrons. The molecule has 24 heteroatoms. The van der Waals surface area contributed by atoms with Crippen LogP contribution in [0.4, 0.5) is 52.7 Å². The zero-order valence-electron chi connectivity index (χ0n) is 33.7. The summed E-state index contributed by atoms with van der Waals surface area (Å²) >= 11 is 5.59. The Balaban J connectivity index is 0.000000201. The predicted octanol–water partition coefficient (Wildman–Crippen LogP) is 10.4. The van der Waals surface area contributed by atoms with E-state index in [0.717, 1.165) is 43.2 Å². The molecule has 68 heavy (non-hydrogen) atoms. The maximum atomic E-state index is 14.1. The zero-order valence-corrected chi connectivity index (χ0v) is 34.5. The molecule has 11 nitrogen and oxygen atoms in total. The molecule has 0 aliphatic heterocycles. The quantitative estimate of drug-likeness (QED) is 0.105. The van der Waals surface area contributed by atoms with Crippen LogP contribution >= 0.6 is 11.6 Å². The lowest BCUT2D eigenvalue weighted by molar-refractivity contribution is -0.139. The normalized spacial score (nSPS) is 11.7. The molecule has 0 spiro atoms. The van der Waals surface area contributed by atoms with Gasteiger partial charge in [-0.25, -0.2) is 36.3 Å². The highest BCUT2D eigenvalue weighted by atomic mass is 35.5. The second kappa shape index (κ2) is 19.4. The fraction of sp³-hybridized carbons (Fsp3) is 0.136. The summed E-state index contributed by atoms with van der Waals surface area (Å²) in [6.07, 6.45) is -5.41. The van der Waals surface area contributed by atoms with Gasteiger partial charge in [0.1, 0.15) is 57.5 Å². The molecule has 4 aromatic carbocycles. The third kappa shape index (κ3) is 10.7. The van der Waals surface area contributed by atoms with Gasteiger partial charge in [-0.2, -0.15) is 36.3 Å². The van der Waals surface area contributed by atoms with Crippen molar-refractivity contribution < 1.29 is 67.3 Å². The standard InChI is InChI=1S/C22H12ClF6N3O2.C22H13F6N3O3/c23-7-11-3-16(22(27,28)29)21(30-8-11)34-13-1-2-19-14(6-13)20(33)31-10-32(19)9-15-17(25)4-12(24)5-18(15)26;23-12-4-17(24)15(18(25)5-12)8-31-10-30-20(33)14-6-13(1-2-19(14)31)34-21-16(22(26,27)28)3-11(9-32)7-29-21/h1-6,8,10H,7,9H2;1-7,10,32H,8-9H2. The number of rotatable bonds is 10. The van der Waals surface area contributed by atoms with Crippen molar-refractivity contribution >= 4 is 33.4 Å². The Morgan fingerprint density at radius 2 is 0.926 bits per heavy atom. The second-order valence-electron chi connectivity index (χ2n) is 14.3. The Bertz CT molecular complexity index is 3080. The van der Waals surface area contributed by atoms with E-state index < -0.39 is 112 Å². The first-order valence-electron chi connectivity index (χ1n) is 19.0. The number of halogens is 13. The summed E-state index contributed by atoms with van der Waals surface area (Å²) in [4.78, 5) is 39.1. The van der Waals surface area contributed by atoms with Crippen LogP contribution in [-0.4, -0.2) is 34.2 Å². The predicted molar refractivity (Wildman–Crippen MR) is 217 cm³/mol. The number of alkyl halides is 7. The monoisotopic (exact) mass is 980 g/mol. The first-order valence-corrected chi connectivity index (χ1v) is 19.6. The van der Waals surface area contributed by atoms with Gasteiger partial charge in [-0.05, 0) is 59.7 Å². The number of aliphatic hydroxyl groups excluding tert-OH is 1. The molecule has 0 aliphatic rings. The molecule has 8 aromatic rings. The van der Waals surface area contributed by atoms with E-state index >= 15 is 0 Å². The minimum absolute atomic E-state index is 0.0782. The third-order valence-electron chi connectivity index (χ3n) is 9.71. The Labute approximate surface area is 377 Å². The van der Waals surface area contributed by atoms with Gasteiger partial charge in [0, 0.05) is 53.7 Å². The Hall–Kier alpha value is -7.53. The summed E-state index contributed by atoms with van der Waals surface area (Å²) in [5.74, 6) is -8.79. The summed E-state index contributed by atoms with van der Waals surface area (Å²) in [6, 6.07) is 10.9. The van der Waals surface area contributed by atoms with Gasteiger partial charge in [-0.3, -0.25) is 9.59 Å². The van der Waals surface area contributed by atoms with E-state index in [2.05, 4.69) is 19.9 Å². The van der Waals surface area contributed by atoms with Crippen molar-refractivity contribution in [1.82, 2.24) is 29.1 Å². The molecule has 0 aliphatic carbocycles. The van der Waals surface area contributed by atoms with Crippen LogP contribution in [0.2, 0.25) is 0 Å². The van der Waals surface area contributed by atoms with Crippen LogP contribution in [0, 0.1) is 34.9 Å². The van der Waals surface area contributed by atoms with Crippen LogP contribution in [0.1, 0.15) is 33.4 Å². The van der Waals surface area contributed by atoms with Crippen molar-refractivity contribution in [2.24, 2.45) is 0 Å². The molecule has 0 saturated heterocycles. The summed E-state index contributed by atoms with van der Waals surface area (Å²) < 4.78 is 176. The SMILES string of the molecule is O=c1ncn(Cc2c(F)cc(F)cc2F)c2ccc(Oc3ncc(CCl)cc3C(F)(F)F)cc12.O=c1ncn(Cc2c(F)cc(F)cc2F)c2ccc(Oc3ncc(CO)cc3C(F)(F)F)cc12. The first-order chi connectivity index (χ1) is 32.1. The van der Waals surface area contributed by atoms with Crippen molar-refractivity contribution in [1.29, 1.82) is 0 Å². The van der Waals surface area contributed by atoms with Crippen LogP contribution < -0.4 is 20.6 Å². The number of fused-ring (bicyclic) bond motifs is 2. The minimum atomic E-state index is -4.83. The number of hydrogen-bond acceptors (Lipinski definition) is 9. The lowest BCUT2D eigenvalue weighted by Gasteiger charge is -2.15. The Morgan fingerprint density at radius 3 is 1.29 bits per heavy atom. The van der Waals surface area contributed by atoms with E-state index in [9.17, 15) is 62.3 Å². The highest BCUT2D eigenvalue weighted by molar-refractivity contribution is 6.17. The average Bonchev–Trinajstić information content (AvgIpc) is 3.27. The fourth-order valence-electron chi connectivity index (χ4n) is 6.49. The molecule has 0 atom stereocenters. The molecule has 8 rings (SSSR count). The number of hydrogen-bond donors (Lipinski definition) is 1. The second-order valence-corrected chi connectivity index (χ2v) is 14.6. The Morgan fingerprint density at radius 1 is 0.544 bits per heavy atom. The molecule has 352 valence electrons. The number of nitrogens with zero attached hydrogens (tertiary/aromatic N) is 6. The lowest BCUT2D eigenvalue weighted by Crippen LogP contribution is -2.14. The van der Waals surface area contributed by atoms with E-state index in [0.29, 0.717) is 30.3 Å². The van der Waals surface area contributed by atoms with Crippen LogP contribution in [0.3, 0.4) is 0 Å². The van der Waals surface area contributed by atoms with Gasteiger partial charge >= 0.3 is 12.4 Å². The van der Waals surface area contributed by atoms with Crippen LogP contribution in [-0.2, 0) is 37.9 Å². The summed E-state index contributed by atoms with van der Waals surface area (Å²) in [6.45, 7) is -1.53. The highest BCUT2D eigenvalue weighted by Crippen LogP contribution is 2.39. The van der Waals surface area contributed by atoms with E-state index in [1.807, 2.05) is 0 Å².